The zero-order valence-electron chi connectivity index (χ0n) is 19.9. The number of likely N-dealkylation sites (tertiary alicyclic amines) is 1. The fourth-order valence-corrected chi connectivity index (χ4v) is 3.89. The summed E-state index contributed by atoms with van der Waals surface area (Å²) in [5.41, 5.74) is -1.09. The Bertz CT molecular complexity index is 1060. The van der Waals surface area contributed by atoms with Crippen LogP contribution in [0.15, 0.2) is 54.6 Å². The Kier molecular flexibility index (Phi) is 7.87. The van der Waals surface area contributed by atoms with Crippen LogP contribution in [0.1, 0.15) is 50.8 Å². The van der Waals surface area contributed by atoms with Gasteiger partial charge in [0.25, 0.3) is 5.91 Å². The minimum absolute atomic E-state index is 0.00643. The number of hydrogen-bond donors (Lipinski definition) is 1. The molecule has 1 fully saturated rings. The number of hydrogen-bond acceptors (Lipinski definition) is 4. The van der Waals surface area contributed by atoms with Crippen molar-refractivity contribution in [1.29, 1.82) is 0 Å². The lowest BCUT2D eigenvalue weighted by molar-refractivity contribution is -0.161. The number of rotatable bonds is 5. The maximum absolute atomic E-state index is 13.0. The van der Waals surface area contributed by atoms with Crippen molar-refractivity contribution < 1.29 is 32.3 Å². The molecule has 0 spiro atoms. The molecule has 1 N–H and O–H groups in total. The number of benzene rings is 2. The Hall–Kier alpha value is -3.36. The van der Waals surface area contributed by atoms with Crippen molar-refractivity contribution in [3.05, 3.63) is 65.7 Å². The molecule has 1 atom stereocenters. The Labute approximate surface area is 202 Å². The van der Waals surface area contributed by atoms with Gasteiger partial charge in [-0.2, -0.15) is 13.2 Å². The van der Waals surface area contributed by atoms with Crippen LogP contribution in [0.25, 0.3) is 0 Å². The quantitative estimate of drug-likeness (QED) is 0.584. The topological polar surface area (TPSA) is 75.7 Å². The van der Waals surface area contributed by atoms with E-state index in [0.29, 0.717) is 31.5 Å². The molecular formula is C26H29F3N2O4. The highest BCUT2D eigenvalue weighted by Gasteiger charge is 2.35. The number of halogens is 3. The summed E-state index contributed by atoms with van der Waals surface area (Å²) in [5, 5.41) is 2.43. The van der Waals surface area contributed by atoms with Crippen molar-refractivity contribution in [3.8, 4) is 0 Å². The lowest BCUT2D eigenvalue weighted by Crippen LogP contribution is -2.45. The number of ether oxygens (including phenoxy) is 1. The molecule has 1 aliphatic heterocycles. The van der Waals surface area contributed by atoms with Crippen LogP contribution in [0.2, 0.25) is 0 Å². The van der Waals surface area contributed by atoms with E-state index < -0.39 is 41.1 Å². The van der Waals surface area contributed by atoms with Gasteiger partial charge in [0.2, 0.25) is 12.0 Å². The second kappa shape index (κ2) is 10.5. The molecule has 0 saturated carbocycles. The first kappa shape index (κ1) is 26.2. The third kappa shape index (κ3) is 6.83. The maximum atomic E-state index is 13.0. The van der Waals surface area contributed by atoms with Crippen molar-refractivity contribution in [2.45, 2.75) is 45.9 Å². The Morgan fingerprint density at radius 1 is 0.971 bits per heavy atom. The van der Waals surface area contributed by atoms with Gasteiger partial charge in [-0.25, -0.2) is 0 Å². The molecule has 1 heterocycles. The highest BCUT2D eigenvalue weighted by molar-refractivity contribution is 5.96. The van der Waals surface area contributed by atoms with Crippen LogP contribution in [0.4, 0.5) is 18.9 Å². The number of nitrogens with zero attached hydrogens (tertiary/aromatic N) is 1. The standard InChI is InChI=1S/C26H29F3N2O4/c1-25(2,3)24(34)31-14-12-18(13-15-31)23(33)35-21(17-8-5-4-6-9-17)22(32)30-20-11-7-10-19(16-20)26(27,28)29/h4-11,16,18,21H,12-15H2,1-3H3,(H,30,32). The molecule has 6 nitrogen and oxygen atoms in total. The summed E-state index contributed by atoms with van der Waals surface area (Å²) in [4.78, 5) is 40.2. The van der Waals surface area contributed by atoms with Gasteiger partial charge in [-0.15, -0.1) is 0 Å². The lowest BCUT2D eigenvalue weighted by atomic mass is 9.91. The zero-order valence-corrected chi connectivity index (χ0v) is 19.9. The smallest absolute Gasteiger partial charge is 0.416 e. The molecular weight excluding hydrogens is 461 g/mol. The van der Waals surface area contributed by atoms with Crippen LogP contribution in [0.5, 0.6) is 0 Å². The van der Waals surface area contributed by atoms with Gasteiger partial charge in [-0.05, 0) is 31.0 Å². The monoisotopic (exact) mass is 490 g/mol. The van der Waals surface area contributed by atoms with Crippen LogP contribution in [-0.2, 0) is 25.3 Å². The molecule has 0 aromatic heterocycles. The Morgan fingerprint density at radius 2 is 1.60 bits per heavy atom. The second-order valence-corrected chi connectivity index (χ2v) is 9.61. The van der Waals surface area contributed by atoms with E-state index in [0.717, 1.165) is 12.1 Å². The fraction of sp³-hybridized carbons (Fsp3) is 0.423. The molecule has 9 heteroatoms. The summed E-state index contributed by atoms with van der Waals surface area (Å²) in [5.74, 6) is -1.83. The van der Waals surface area contributed by atoms with E-state index >= 15 is 0 Å². The predicted molar refractivity (Wildman–Crippen MR) is 124 cm³/mol. The largest absolute Gasteiger partial charge is 0.447 e. The number of piperidine rings is 1. The lowest BCUT2D eigenvalue weighted by Gasteiger charge is -2.35. The molecule has 2 amide bonds. The summed E-state index contributed by atoms with van der Waals surface area (Å²) in [6, 6.07) is 12.5. The average Bonchev–Trinajstić information content (AvgIpc) is 2.81. The van der Waals surface area contributed by atoms with Crippen molar-refractivity contribution in [2.75, 3.05) is 18.4 Å². The van der Waals surface area contributed by atoms with E-state index in [1.165, 1.54) is 12.1 Å². The molecule has 0 bridgehead atoms. The van der Waals surface area contributed by atoms with E-state index in [1.807, 2.05) is 20.8 Å². The van der Waals surface area contributed by atoms with Gasteiger partial charge in [0.05, 0.1) is 11.5 Å². The summed E-state index contributed by atoms with van der Waals surface area (Å²) < 4.78 is 44.7. The Morgan fingerprint density at radius 3 is 2.17 bits per heavy atom. The van der Waals surface area contributed by atoms with Gasteiger partial charge < -0.3 is 15.0 Å². The Balaban J connectivity index is 1.71. The molecule has 1 saturated heterocycles. The molecule has 2 aromatic carbocycles. The number of carbonyl (C=O) groups excluding carboxylic acids is 3. The summed E-state index contributed by atoms with van der Waals surface area (Å²) >= 11 is 0. The van der Waals surface area contributed by atoms with Crippen LogP contribution >= 0.6 is 0 Å². The number of anilines is 1. The zero-order chi connectivity index (χ0) is 25.8. The van der Waals surface area contributed by atoms with Crippen LogP contribution in [-0.4, -0.2) is 35.8 Å². The first-order valence-corrected chi connectivity index (χ1v) is 11.4. The van der Waals surface area contributed by atoms with Gasteiger partial charge in [-0.1, -0.05) is 57.2 Å². The predicted octanol–water partition coefficient (Wildman–Crippen LogP) is 5.21. The summed E-state index contributed by atoms with van der Waals surface area (Å²) in [6.45, 7) is 6.32. The molecule has 188 valence electrons. The maximum Gasteiger partial charge on any atom is 0.416 e. The molecule has 1 aliphatic rings. The third-order valence-electron chi connectivity index (χ3n) is 5.79. The van der Waals surface area contributed by atoms with E-state index in [4.69, 9.17) is 4.74 Å². The second-order valence-electron chi connectivity index (χ2n) is 9.61. The van der Waals surface area contributed by atoms with Crippen LogP contribution in [0, 0.1) is 11.3 Å². The highest BCUT2D eigenvalue weighted by Crippen LogP contribution is 2.31. The van der Waals surface area contributed by atoms with Gasteiger partial charge in [-0.3, -0.25) is 14.4 Å². The highest BCUT2D eigenvalue weighted by atomic mass is 19.4. The molecule has 0 radical (unpaired) electrons. The third-order valence-corrected chi connectivity index (χ3v) is 5.79. The number of carbonyl (C=O) groups is 3. The van der Waals surface area contributed by atoms with Crippen molar-refractivity contribution in [1.82, 2.24) is 4.90 Å². The number of amides is 2. The van der Waals surface area contributed by atoms with Gasteiger partial charge in [0.15, 0.2) is 0 Å². The SMILES string of the molecule is CC(C)(C)C(=O)N1CCC(C(=O)OC(C(=O)Nc2cccc(C(F)(F)F)c2)c2ccccc2)CC1. The van der Waals surface area contributed by atoms with Crippen LogP contribution < -0.4 is 5.32 Å². The number of esters is 1. The average molecular weight is 491 g/mol. The van der Waals surface area contributed by atoms with E-state index in [1.54, 1.807) is 35.2 Å². The van der Waals surface area contributed by atoms with E-state index in [9.17, 15) is 27.6 Å². The van der Waals surface area contributed by atoms with Crippen molar-refractivity contribution in [3.63, 3.8) is 0 Å². The number of nitrogens with one attached hydrogen (secondary N) is 1. The molecule has 2 aromatic rings. The van der Waals surface area contributed by atoms with Gasteiger partial charge in [0.1, 0.15) is 0 Å². The molecule has 0 aliphatic carbocycles. The summed E-state index contributed by atoms with van der Waals surface area (Å²) in [7, 11) is 0. The normalized spacial score (nSPS) is 15.9. The number of alkyl halides is 3. The van der Waals surface area contributed by atoms with E-state index in [2.05, 4.69) is 5.32 Å². The minimum Gasteiger partial charge on any atom is -0.447 e. The molecule has 1 unspecified atom stereocenters. The van der Waals surface area contributed by atoms with Crippen LogP contribution in [0.3, 0.4) is 0 Å². The van der Waals surface area contributed by atoms with Crippen molar-refractivity contribution >= 4 is 23.5 Å². The fourth-order valence-electron chi connectivity index (χ4n) is 3.89. The van der Waals surface area contributed by atoms with Gasteiger partial charge >= 0.3 is 12.1 Å². The first-order valence-electron chi connectivity index (χ1n) is 11.4. The van der Waals surface area contributed by atoms with E-state index in [-0.39, 0.29) is 11.6 Å². The molecule has 3 rings (SSSR count). The minimum atomic E-state index is -4.56. The molecule has 35 heavy (non-hydrogen) atoms. The first-order chi connectivity index (χ1) is 16.4. The summed E-state index contributed by atoms with van der Waals surface area (Å²) in [6.07, 6.45) is -5.10. The van der Waals surface area contributed by atoms with Gasteiger partial charge in [0, 0.05) is 29.8 Å². The van der Waals surface area contributed by atoms with Crippen molar-refractivity contribution in [2.24, 2.45) is 11.3 Å².